The van der Waals surface area contributed by atoms with Gasteiger partial charge < -0.3 is 9.62 Å². The number of hydrogen-bond donors (Lipinski definition) is 2. The molecule has 1 unspecified atom stereocenters. The van der Waals surface area contributed by atoms with Crippen LogP contribution in [0.2, 0.25) is 0 Å². The number of nitrogens with zero attached hydrogens (tertiary/aromatic N) is 1. The first kappa shape index (κ1) is 25.0. The van der Waals surface area contributed by atoms with Crippen LogP contribution < -0.4 is 14.3 Å². The Labute approximate surface area is 224 Å². The zero-order chi connectivity index (χ0) is 25.7. The Morgan fingerprint density at radius 1 is 1.05 bits per heavy atom. The fourth-order valence-electron chi connectivity index (χ4n) is 6.52. The van der Waals surface area contributed by atoms with Crippen molar-refractivity contribution in [2.24, 2.45) is 5.41 Å². The summed E-state index contributed by atoms with van der Waals surface area (Å²) < 4.78 is 32.4. The Hall–Kier alpha value is -2.29. The number of rotatable bonds is 6. The summed E-state index contributed by atoms with van der Waals surface area (Å²) >= 11 is 1.57. The third kappa shape index (κ3) is 4.72. The van der Waals surface area contributed by atoms with Crippen LogP contribution in [0, 0.1) is 5.41 Å². The van der Waals surface area contributed by atoms with Gasteiger partial charge in [-0.3, -0.25) is 4.79 Å². The van der Waals surface area contributed by atoms with Crippen LogP contribution in [0.15, 0.2) is 59.5 Å². The molecule has 2 aromatic rings. The van der Waals surface area contributed by atoms with Gasteiger partial charge in [0.15, 0.2) is 0 Å². The van der Waals surface area contributed by atoms with E-state index in [9.17, 15) is 13.2 Å². The average molecular weight is 538 g/mol. The third-order valence-electron chi connectivity index (χ3n) is 8.96. The number of anilines is 2. The zero-order valence-corrected chi connectivity index (χ0v) is 23.0. The highest BCUT2D eigenvalue weighted by atomic mass is 32.2. The number of carbonyl (C=O) groups excluding carboxylic acids is 1. The summed E-state index contributed by atoms with van der Waals surface area (Å²) in [5.74, 6) is -0.134. The second-order valence-corrected chi connectivity index (χ2v) is 13.7. The second-order valence-electron chi connectivity index (χ2n) is 11.3. The van der Waals surface area contributed by atoms with Crippen molar-refractivity contribution in [1.82, 2.24) is 4.72 Å². The predicted molar refractivity (Wildman–Crippen MR) is 151 cm³/mol. The molecular formula is C29H35N3O3S2. The Balaban J connectivity index is 1.30. The van der Waals surface area contributed by atoms with E-state index in [-0.39, 0.29) is 22.3 Å². The first-order chi connectivity index (χ1) is 17.8. The quantitative estimate of drug-likeness (QED) is 0.348. The molecule has 0 saturated heterocycles. The first-order valence-electron chi connectivity index (χ1n) is 13.4. The van der Waals surface area contributed by atoms with E-state index in [1.807, 2.05) is 29.4 Å². The van der Waals surface area contributed by atoms with Crippen LogP contribution in [0.3, 0.4) is 0 Å². The molecule has 2 fully saturated rings. The summed E-state index contributed by atoms with van der Waals surface area (Å²) in [6, 6.07) is 12.6. The molecule has 2 aromatic carbocycles. The molecule has 1 amide bonds. The summed E-state index contributed by atoms with van der Waals surface area (Å²) in [4.78, 5) is 16.0. The molecule has 2 N–H and O–H groups in total. The zero-order valence-electron chi connectivity index (χ0n) is 21.3. The van der Waals surface area contributed by atoms with Gasteiger partial charge in [-0.15, -0.1) is 0 Å². The summed E-state index contributed by atoms with van der Waals surface area (Å²) in [6.07, 6.45) is 16.0. The SMILES string of the molecule is CSNc1ccc2c(c1)C1(CCC3(CC3)CC1)CN2C(=O)c1cccc(S(=O)(=O)NC2C=CCCC2)c1. The maximum atomic E-state index is 13.9. The highest BCUT2D eigenvalue weighted by Gasteiger charge is 2.53. The Morgan fingerprint density at radius 3 is 2.54 bits per heavy atom. The van der Waals surface area contributed by atoms with Crippen molar-refractivity contribution in [3.8, 4) is 0 Å². The van der Waals surface area contributed by atoms with Gasteiger partial charge in [-0.05, 0) is 105 Å². The fraction of sp³-hybridized carbons (Fsp3) is 0.483. The number of allylic oxidation sites excluding steroid dienone is 1. The topological polar surface area (TPSA) is 78.5 Å². The highest BCUT2D eigenvalue weighted by molar-refractivity contribution is 7.99. The predicted octanol–water partition coefficient (Wildman–Crippen LogP) is 6.02. The van der Waals surface area contributed by atoms with Gasteiger partial charge in [-0.2, -0.15) is 0 Å². The van der Waals surface area contributed by atoms with Crippen LogP contribution >= 0.6 is 11.9 Å². The molecule has 2 spiro atoms. The van der Waals surface area contributed by atoms with Crippen molar-refractivity contribution >= 4 is 39.3 Å². The molecule has 1 heterocycles. The van der Waals surface area contributed by atoms with Crippen LogP contribution in [0.1, 0.15) is 73.7 Å². The molecule has 0 bridgehead atoms. The summed E-state index contributed by atoms with van der Waals surface area (Å²) in [7, 11) is -3.73. The van der Waals surface area contributed by atoms with Gasteiger partial charge in [0.1, 0.15) is 0 Å². The van der Waals surface area contributed by atoms with E-state index >= 15 is 0 Å². The molecule has 6 rings (SSSR count). The third-order valence-corrected chi connectivity index (χ3v) is 10.9. The van der Waals surface area contributed by atoms with Crippen LogP contribution in [-0.4, -0.2) is 33.2 Å². The Morgan fingerprint density at radius 2 is 1.84 bits per heavy atom. The molecule has 4 aliphatic rings. The summed E-state index contributed by atoms with van der Waals surface area (Å²) in [6.45, 7) is 0.655. The first-order valence-corrected chi connectivity index (χ1v) is 16.1. The van der Waals surface area contributed by atoms with Crippen LogP contribution in [0.4, 0.5) is 11.4 Å². The van der Waals surface area contributed by atoms with Crippen LogP contribution in [-0.2, 0) is 15.4 Å². The molecule has 2 saturated carbocycles. The number of hydrogen-bond acceptors (Lipinski definition) is 5. The normalized spacial score (nSPS) is 23.3. The Kier molecular flexibility index (Phi) is 6.40. The molecule has 8 heteroatoms. The second kappa shape index (κ2) is 9.47. The Bertz CT molecular complexity index is 1340. The van der Waals surface area contributed by atoms with E-state index in [0.29, 0.717) is 17.5 Å². The number of fused-ring (bicyclic) bond motifs is 2. The van der Waals surface area contributed by atoms with Crippen molar-refractivity contribution in [2.45, 2.75) is 74.1 Å². The summed E-state index contributed by atoms with van der Waals surface area (Å²) in [5, 5.41) is 0. The highest BCUT2D eigenvalue weighted by Crippen LogP contribution is 2.62. The van der Waals surface area contributed by atoms with Gasteiger partial charge in [0.05, 0.1) is 4.90 Å². The van der Waals surface area contributed by atoms with Crippen LogP contribution in [0.5, 0.6) is 0 Å². The van der Waals surface area contributed by atoms with E-state index in [4.69, 9.17) is 0 Å². The van der Waals surface area contributed by atoms with Crippen LogP contribution in [0.25, 0.3) is 0 Å². The molecule has 1 aliphatic heterocycles. The molecule has 196 valence electrons. The number of benzene rings is 2. The molecular weight excluding hydrogens is 502 g/mol. The fourth-order valence-corrected chi connectivity index (χ4v) is 8.16. The molecule has 3 aliphatic carbocycles. The van der Waals surface area contributed by atoms with E-state index < -0.39 is 10.0 Å². The lowest BCUT2D eigenvalue weighted by molar-refractivity contribution is 0.0980. The van der Waals surface area contributed by atoms with E-state index in [2.05, 4.69) is 21.6 Å². The van der Waals surface area contributed by atoms with Crippen molar-refractivity contribution in [2.75, 3.05) is 22.4 Å². The van der Waals surface area contributed by atoms with E-state index in [1.165, 1.54) is 37.3 Å². The van der Waals surface area contributed by atoms with Gasteiger partial charge in [-0.1, -0.05) is 30.2 Å². The monoisotopic (exact) mass is 537 g/mol. The van der Waals surface area contributed by atoms with Crippen molar-refractivity contribution in [1.29, 1.82) is 0 Å². The number of carbonyl (C=O) groups is 1. The minimum Gasteiger partial charge on any atom is -0.330 e. The van der Waals surface area contributed by atoms with Gasteiger partial charge in [0.2, 0.25) is 10.0 Å². The largest absolute Gasteiger partial charge is 0.330 e. The summed E-state index contributed by atoms with van der Waals surface area (Å²) in [5.41, 5.74) is 4.20. The smallest absolute Gasteiger partial charge is 0.258 e. The lowest BCUT2D eigenvalue weighted by Crippen LogP contribution is -2.40. The molecule has 0 radical (unpaired) electrons. The minimum atomic E-state index is -3.73. The van der Waals surface area contributed by atoms with Gasteiger partial charge in [0.25, 0.3) is 5.91 Å². The molecule has 37 heavy (non-hydrogen) atoms. The number of nitrogens with one attached hydrogen (secondary N) is 2. The lowest BCUT2D eigenvalue weighted by atomic mass is 9.66. The molecule has 0 aromatic heterocycles. The number of sulfonamides is 1. The van der Waals surface area contributed by atoms with Crippen molar-refractivity contribution in [3.63, 3.8) is 0 Å². The van der Waals surface area contributed by atoms with Gasteiger partial charge in [-0.25, -0.2) is 13.1 Å². The van der Waals surface area contributed by atoms with Crippen molar-refractivity contribution in [3.05, 3.63) is 65.7 Å². The minimum absolute atomic E-state index is 0.0342. The lowest BCUT2D eigenvalue weighted by Gasteiger charge is -2.38. The molecule has 1 atom stereocenters. The van der Waals surface area contributed by atoms with Crippen molar-refractivity contribution < 1.29 is 13.2 Å². The number of amides is 1. The van der Waals surface area contributed by atoms with Gasteiger partial charge >= 0.3 is 0 Å². The standard InChI is InChI=1S/C29H35N3O3S2/c1-36-30-23-10-11-26-25(19-23)29(16-14-28(12-13-28)15-17-29)20-32(26)27(33)21-6-5-9-24(18-21)37(34,35)31-22-7-3-2-4-8-22/h3,5-7,9-11,18-19,22,30-31H,2,4,8,12-17,20H2,1H3. The van der Waals surface area contributed by atoms with E-state index in [1.54, 1.807) is 30.1 Å². The maximum absolute atomic E-state index is 13.9. The van der Waals surface area contributed by atoms with E-state index in [0.717, 1.165) is 43.5 Å². The van der Waals surface area contributed by atoms with Gasteiger partial charge in [0, 0.05) is 41.2 Å². The average Bonchev–Trinajstić information content (AvgIpc) is 3.61. The molecule has 6 nitrogen and oxygen atoms in total. The maximum Gasteiger partial charge on any atom is 0.258 e.